The minimum absolute atomic E-state index is 0.0598. The molecule has 7 nitrogen and oxygen atoms in total. The number of Topliss-reactive ketones (excluding diaryl/α,β-unsaturated/α-hetero) is 1. The van der Waals surface area contributed by atoms with Gasteiger partial charge in [-0.2, -0.15) is 0 Å². The second kappa shape index (κ2) is 6.93. The van der Waals surface area contributed by atoms with Gasteiger partial charge in [0.05, 0.1) is 25.3 Å². The molecule has 116 valence electrons. The molecule has 2 aliphatic heterocycles. The van der Waals surface area contributed by atoms with Gasteiger partial charge in [0, 0.05) is 38.3 Å². The van der Waals surface area contributed by atoms with E-state index in [9.17, 15) is 15.0 Å². The fourth-order valence-electron chi connectivity index (χ4n) is 3.19. The lowest BCUT2D eigenvalue weighted by Crippen LogP contribution is -2.54. The van der Waals surface area contributed by atoms with Gasteiger partial charge in [-0.25, -0.2) is 0 Å². The van der Waals surface area contributed by atoms with Crippen molar-refractivity contribution in [1.29, 1.82) is 0 Å². The molecule has 2 aliphatic rings. The predicted octanol–water partition coefficient (Wildman–Crippen LogP) is -2.66. The van der Waals surface area contributed by atoms with Gasteiger partial charge in [-0.1, -0.05) is 0 Å². The Balaban J connectivity index is 2.02. The lowest BCUT2D eigenvalue weighted by Gasteiger charge is -2.31. The third-order valence-corrected chi connectivity index (χ3v) is 4.40. The van der Waals surface area contributed by atoms with Crippen LogP contribution in [0.15, 0.2) is 0 Å². The van der Waals surface area contributed by atoms with Crippen molar-refractivity contribution in [3.8, 4) is 0 Å². The highest BCUT2D eigenvalue weighted by Crippen LogP contribution is 2.17. The molecule has 0 aromatic rings. The summed E-state index contributed by atoms with van der Waals surface area (Å²) in [6.45, 7) is 2.21. The van der Waals surface area contributed by atoms with Crippen molar-refractivity contribution in [2.45, 2.75) is 37.0 Å². The number of carbonyl (C=O) groups excluding carboxylic acids is 1. The SMILES string of the molecule is N[C@H]1CCN(C(CO)C(=O)C(CO)N2CC[C@H](N)C2)C1. The van der Waals surface area contributed by atoms with Crippen LogP contribution in [0.5, 0.6) is 0 Å². The number of ketones is 1. The normalized spacial score (nSPS) is 31.6. The van der Waals surface area contributed by atoms with Crippen LogP contribution >= 0.6 is 0 Å². The van der Waals surface area contributed by atoms with Gasteiger partial charge in [-0.15, -0.1) is 0 Å². The quantitative estimate of drug-likeness (QED) is 0.421. The van der Waals surface area contributed by atoms with Crippen LogP contribution in [0, 0.1) is 0 Å². The van der Waals surface area contributed by atoms with Gasteiger partial charge in [-0.05, 0) is 12.8 Å². The maximum Gasteiger partial charge on any atom is 0.171 e. The van der Waals surface area contributed by atoms with Crippen LogP contribution in [-0.2, 0) is 4.79 Å². The summed E-state index contributed by atoms with van der Waals surface area (Å²) >= 11 is 0. The molecule has 2 fully saturated rings. The number of rotatable bonds is 6. The molecule has 2 heterocycles. The Labute approximate surface area is 119 Å². The first-order valence-electron chi connectivity index (χ1n) is 7.31. The fourth-order valence-corrected chi connectivity index (χ4v) is 3.19. The van der Waals surface area contributed by atoms with Crippen molar-refractivity contribution in [1.82, 2.24) is 9.80 Å². The number of nitrogens with two attached hydrogens (primary N) is 2. The van der Waals surface area contributed by atoms with E-state index in [-0.39, 0.29) is 31.1 Å². The molecule has 0 aromatic heterocycles. The Kier molecular flexibility index (Phi) is 5.48. The zero-order chi connectivity index (χ0) is 14.7. The summed E-state index contributed by atoms with van der Waals surface area (Å²) in [6.07, 6.45) is 1.67. The van der Waals surface area contributed by atoms with E-state index in [0.717, 1.165) is 25.9 Å². The van der Waals surface area contributed by atoms with Crippen LogP contribution in [0.25, 0.3) is 0 Å². The molecule has 4 atom stereocenters. The van der Waals surface area contributed by atoms with Crippen LogP contribution in [0.3, 0.4) is 0 Å². The summed E-state index contributed by atoms with van der Waals surface area (Å²) in [5, 5.41) is 19.1. The standard InChI is InChI=1S/C13H26N4O3/c14-9-1-3-16(5-9)11(7-18)13(20)12(8-19)17-4-2-10(15)6-17/h9-12,18-19H,1-8,14-15H2/t9-,10-,11?,12?/m0/s1. The highest BCUT2D eigenvalue weighted by molar-refractivity contribution is 5.89. The summed E-state index contributed by atoms with van der Waals surface area (Å²) in [7, 11) is 0. The number of aliphatic hydroxyl groups is 2. The van der Waals surface area contributed by atoms with Gasteiger partial charge in [0.25, 0.3) is 0 Å². The Bertz CT molecular complexity index is 312. The van der Waals surface area contributed by atoms with Crippen LogP contribution in [0.2, 0.25) is 0 Å². The number of aliphatic hydroxyl groups excluding tert-OH is 2. The van der Waals surface area contributed by atoms with E-state index in [1.54, 1.807) is 0 Å². The third kappa shape index (κ3) is 3.36. The van der Waals surface area contributed by atoms with Crippen LogP contribution in [0.4, 0.5) is 0 Å². The molecule has 0 aliphatic carbocycles. The van der Waals surface area contributed by atoms with Gasteiger partial charge in [0.1, 0.15) is 0 Å². The smallest absolute Gasteiger partial charge is 0.171 e. The van der Waals surface area contributed by atoms with Crippen molar-refractivity contribution < 1.29 is 15.0 Å². The summed E-state index contributed by atoms with van der Waals surface area (Å²) in [6, 6.07) is -1.02. The van der Waals surface area contributed by atoms with Crippen molar-refractivity contribution in [3.05, 3.63) is 0 Å². The van der Waals surface area contributed by atoms with E-state index in [1.165, 1.54) is 0 Å². The number of carbonyl (C=O) groups is 1. The molecule has 6 N–H and O–H groups in total. The molecule has 20 heavy (non-hydrogen) atoms. The summed E-state index contributed by atoms with van der Waals surface area (Å²) in [5.74, 6) is -0.127. The van der Waals surface area contributed by atoms with Crippen LogP contribution in [0.1, 0.15) is 12.8 Å². The average Bonchev–Trinajstić information content (AvgIpc) is 3.01. The van der Waals surface area contributed by atoms with Gasteiger partial charge < -0.3 is 21.7 Å². The van der Waals surface area contributed by atoms with Crippen molar-refractivity contribution in [3.63, 3.8) is 0 Å². The number of likely N-dealkylation sites (tertiary alicyclic amines) is 2. The fraction of sp³-hybridized carbons (Fsp3) is 0.923. The molecule has 0 bridgehead atoms. The second-order valence-corrected chi connectivity index (χ2v) is 5.89. The molecule has 0 saturated carbocycles. The average molecular weight is 286 g/mol. The molecule has 0 spiro atoms. The van der Waals surface area contributed by atoms with E-state index in [1.807, 2.05) is 9.80 Å². The van der Waals surface area contributed by atoms with E-state index in [4.69, 9.17) is 11.5 Å². The molecular weight excluding hydrogens is 260 g/mol. The van der Waals surface area contributed by atoms with Crippen molar-refractivity contribution >= 4 is 5.78 Å². The molecule has 2 saturated heterocycles. The molecule has 2 rings (SSSR count). The second-order valence-electron chi connectivity index (χ2n) is 5.89. The Morgan fingerprint density at radius 3 is 1.65 bits per heavy atom. The zero-order valence-electron chi connectivity index (χ0n) is 11.8. The first-order valence-corrected chi connectivity index (χ1v) is 7.31. The zero-order valence-corrected chi connectivity index (χ0v) is 11.8. The van der Waals surface area contributed by atoms with Gasteiger partial charge in [0.2, 0.25) is 0 Å². The minimum atomic E-state index is -0.572. The third-order valence-electron chi connectivity index (χ3n) is 4.40. The first kappa shape index (κ1) is 15.8. The Morgan fingerprint density at radius 1 is 1.00 bits per heavy atom. The molecule has 0 radical (unpaired) electrons. The monoisotopic (exact) mass is 286 g/mol. The van der Waals surface area contributed by atoms with Gasteiger partial charge in [-0.3, -0.25) is 14.6 Å². The van der Waals surface area contributed by atoms with Crippen LogP contribution in [-0.4, -0.2) is 89.4 Å². The number of hydrogen-bond acceptors (Lipinski definition) is 7. The minimum Gasteiger partial charge on any atom is -0.394 e. The summed E-state index contributed by atoms with van der Waals surface area (Å²) in [4.78, 5) is 16.5. The highest BCUT2D eigenvalue weighted by Gasteiger charge is 2.38. The maximum absolute atomic E-state index is 12.6. The van der Waals surface area contributed by atoms with Crippen molar-refractivity contribution in [2.24, 2.45) is 11.5 Å². The molecule has 0 amide bonds. The molecular formula is C13H26N4O3. The van der Waals surface area contributed by atoms with E-state index < -0.39 is 12.1 Å². The Hall–Kier alpha value is -0.570. The van der Waals surface area contributed by atoms with E-state index in [2.05, 4.69) is 0 Å². The van der Waals surface area contributed by atoms with Gasteiger partial charge in [0.15, 0.2) is 5.78 Å². The Morgan fingerprint density at radius 2 is 1.40 bits per heavy atom. The van der Waals surface area contributed by atoms with E-state index >= 15 is 0 Å². The summed E-state index contributed by atoms with van der Waals surface area (Å²) < 4.78 is 0. The molecule has 2 unspecified atom stereocenters. The number of nitrogens with zero attached hydrogens (tertiary/aromatic N) is 2. The lowest BCUT2D eigenvalue weighted by atomic mass is 10.0. The van der Waals surface area contributed by atoms with Crippen molar-refractivity contribution in [2.75, 3.05) is 39.4 Å². The topological polar surface area (TPSA) is 116 Å². The predicted molar refractivity (Wildman–Crippen MR) is 75.1 cm³/mol. The van der Waals surface area contributed by atoms with Gasteiger partial charge >= 0.3 is 0 Å². The highest BCUT2D eigenvalue weighted by atomic mass is 16.3. The molecule has 7 heteroatoms. The largest absolute Gasteiger partial charge is 0.394 e. The van der Waals surface area contributed by atoms with Crippen LogP contribution < -0.4 is 11.5 Å². The number of hydrogen-bond donors (Lipinski definition) is 4. The van der Waals surface area contributed by atoms with E-state index in [0.29, 0.717) is 13.1 Å². The maximum atomic E-state index is 12.6. The summed E-state index contributed by atoms with van der Waals surface area (Å²) in [5.41, 5.74) is 11.7. The molecule has 0 aromatic carbocycles. The lowest BCUT2D eigenvalue weighted by molar-refractivity contribution is -0.131. The first-order chi connectivity index (χ1) is 9.56.